The summed E-state index contributed by atoms with van der Waals surface area (Å²) >= 11 is 0. The molecule has 0 bridgehead atoms. The van der Waals surface area contributed by atoms with Gasteiger partial charge >= 0.3 is 0 Å². The maximum Gasteiger partial charge on any atom is 0.0523 e. The van der Waals surface area contributed by atoms with Crippen molar-refractivity contribution in [2.75, 3.05) is 18.5 Å². The van der Waals surface area contributed by atoms with Crippen molar-refractivity contribution >= 4 is 5.69 Å². The Bertz CT molecular complexity index is 455. The van der Waals surface area contributed by atoms with Gasteiger partial charge in [0.1, 0.15) is 0 Å². The number of rotatable bonds is 5. The Labute approximate surface area is 130 Å². The molecule has 1 fully saturated rings. The highest BCUT2D eigenvalue weighted by Crippen LogP contribution is 2.40. The van der Waals surface area contributed by atoms with Crippen molar-refractivity contribution in [3.8, 4) is 0 Å². The molecule has 0 aromatic heterocycles. The molecule has 0 radical (unpaired) electrons. The standard InChI is InChI=1S/C19H32N2/c1-15(2)12-17-9-7-11-19(13-17,14-20)21(4)18-10-6-5-8-16(18)3/h5-6,8,10,15,17H,7,9,11-14,20H2,1-4H3. The first-order valence-corrected chi connectivity index (χ1v) is 8.48. The average molecular weight is 288 g/mol. The van der Waals surface area contributed by atoms with Crippen LogP contribution in [0.15, 0.2) is 24.3 Å². The normalized spacial score (nSPS) is 26.1. The van der Waals surface area contributed by atoms with Gasteiger partial charge in [-0.3, -0.25) is 0 Å². The van der Waals surface area contributed by atoms with E-state index >= 15 is 0 Å². The largest absolute Gasteiger partial charge is 0.367 e. The molecular formula is C19H32N2. The number of hydrogen-bond acceptors (Lipinski definition) is 2. The van der Waals surface area contributed by atoms with Crippen molar-refractivity contribution in [3.05, 3.63) is 29.8 Å². The molecule has 0 saturated heterocycles. The first-order valence-electron chi connectivity index (χ1n) is 8.48. The van der Waals surface area contributed by atoms with Crippen LogP contribution in [0.3, 0.4) is 0 Å². The van der Waals surface area contributed by atoms with Gasteiger partial charge in [-0.15, -0.1) is 0 Å². The quantitative estimate of drug-likeness (QED) is 0.872. The topological polar surface area (TPSA) is 29.3 Å². The Morgan fingerprint density at radius 3 is 2.67 bits per heavy atom. The van der Waals surface area contributed by atoms with Gasteiger partial charge in [-0.05, 0) is 49.7 Å². The van der Waals surface area contributed by atoms with E-state index in [-0.39, 0.29) is 5.54 Å². The fourth-order valence-electron chi connectivity index (χ4n) is 4.15. The van der Waals surface area contributed by atoms with Crippen molar-refractivity contribution in [2.24, 2.45) is 17.6 Å². The smallest absolute Gasteiger partial charge is 0.0523 e. The highest BCUT2D eigenvalue weighted by molar-refractivity contribution is 5.54. The summed E-state index contributed by atoms with van der Waals surface area (Å²) in [5, 5.41) is 0. The summed E-state index contributed by atoms with van der Waals surface area (Å²) in [5.74, 6) is 1.61. The van der Waals surface area contributed by atoms with Crippen molar-refractivity contribution in [3.63, 3.8) is 0 Å². The van der Waals surface area contributed by atoms with Crippen LogP contribution in [0.25, 0.3) is 0 Å². The number of nitrogens with two attached hydrogens (primary N) is 1. The lowest BCUT2D eigenvalue weighted by Gasteiger charge is -2.48. The molecule has 2 nitrogen and oxygen atoms in total. The Balaban J connectivity index is 2.22. The van der Waals surface area contributed by atoms with Crippen LogP contribution in [-0.2, 0) is 0 Å². The van der Waals surface area contributed by atoms with Crippen LogP contribution in [0.1, 0.15) is 51.5 Å². The van der Waals surface area contributed by atoms with E-state index in [1.54, 1.807) is 0 Å². The van der Waals surface area contributed by atoms with Crippen molar-refractivity contribution in [2.45, 2.75) is 58.4 Å². The third-order valence-corrected chi connectivity index (χ3v) is 5.30. The van der Waals surface area contributed by atoms with E-state index < -0.39 is 0 Å². The van der Waals surface area contributed by atoms with E-state index in [2.05, 4.69) is 57.0 Å². The van der Waals surface area contributed by atoms with Crippen LogP contribution in [0.5, 0.6) is 0 Å². The Kier molecular flexibility index (Phi) is 5.32. The first kappa shape index (κ1) is 16.4. The van der Waals surface area contributed by atoms with Gasteiger partial charge in [-0.25, -0.2) is 0 Å². The molecule has 2 unspecified atom stereocenters. The molecule has 0 spiro atoms. The third kappa shape index (κ3) is 3.60. The Hall–Kier alpha value is -1.02. The molecule has 21 heavy (non-hydrogen) atoms. The molecule has 1 aromatic rings. The predicted octanol–water partition coefficient (Wildman–Crippen LogP) is 4.37. The van der Waals surface area contributed by atoms with Gasteiger partial charge in [-0.1, -0.05) is 44.9 Å². The molecule has 1 aliphatic carbocycles. The lowest BCUT2D eigenvalue weighted by Crippen LogP contribution is -2.55. The van der Waals surface area contributed by atoms with Gasteiger partial charge in [0.2, 0.25) is 0 Å². The van der Waals surface area contributed by atoms with E-state index in [4.69, 9.17) is 5.73 Å². The Morgan fingerprint density at radius 2 is 2.05 bits per heavy atom. The summed E-state index contributed by atoms with van der Waals surface area (Å²) in [6.45, 7) is 7.63. The summed E-state index contributed by atoms with van der Waals surface area (Å²) < 4.78 is 0. The van der Waals surface area contributed by atoms with Crippen LogP contribution in [0.4, 0.5) is 5.69 Å². The van der Waals surface area contributed by atoms with Crippen molar-refractivity contribution in [1.82, 2.24) is 0 Å². The van der Waals surface area contributed by atoms with Crippen LogP contribution in [0, 0.1) is 18.8 Å². The maximum atomic E-state index is 6.28. The molecule has 0 amide bonds. The van der Waals surface area contributed by atoms with Crippen LogP contribution >= 0.6 is 0 Å². The third-order valence-electron chi connectivity index (χ3n) is 5.30. The molecule has 1 aliphatic rings. The van der Waals surface area contributed by atoms with E-state index in [9.17, 15) is 0 Å². The fraction of sp³-hybridized carbons (Fsp3) is 0.684. The van der Waals surface area contributed by atoms with E-state index in [0.29, 0.717) is 0 Å². The minimum absolute atomic E-state index is 0.143. The number of anilines is 1. The minimum atomic E-state index is 0.143. The second-order valence-electron chi connectivity index (χ2n) is 7.37. The van der Waals surface area contributed by atoms with Gasteiger partial charge in [-0.2, -0.15) is 0 Å². The van der Waals surface area contributed by atoms with Crippen molar-refractivity contribution < 1.29 is 0 Å². The molecule has 0 aliphatic heterocycles. The van der Waals surface area contributed by atoms with Gasteiger partial charge in [0.05, 0.1) is 5.54 Å². The molecule has 2 atom stereocenters. The summed E-state index contributed by atoms with van der Waals surface area (Å²) in [4.78, 5) is 2.48. The summed E-state index contributed by atoms with van der Waals surface area (Å²) in [7, 11) is 2.24. The van der Waals surface area contributed by atoms with Gasteiger partial charge in [0.15, 0.2) is 0 Å². The second kappa shape index (κ2) is 6.83. The Morgan fingerprint density at radius 1 is 1.33 bits per heavy atom. The lowest BCUT2D eigenvalue weighted by molar-refractivity contribution is 0.200. The van der Waals surface area contributed by atoms with Gasteiger partial charge < -0.3 is 10.6 Å². The second-order valence-corrected chi connectivity index (χ2v) is 7.37. The number of nitrogens with zero attached hydrogens (tertiary/aromatic N) is 1. The predicted molar refractivity (Wildman–Crippen MR) is 92.8 cm³/mol. The molecule has 118 valence electrons. The molecule has 2 rings (SSSR count). The van der Waals surface area contributed by atoms with E-state index in [0.717, 1.165) is 18.4 Å². The van der Waals surface area contributed by atoms with Gasteiger partial charge in [0.25, 0.3) is 0 Å². The molecule has 2 N–H and O–H groups in total. The fourth-order valence-corrected chi connectivity index (χ4v) is 4.15. The molecule has 1 aromatic carbocycles. The zero-order valence-corrected chi connectivity index (χ0v) is 14.2. The van der Waals surface area contributed by atoms with Crippen LogP contribution < -0.4 is 10.6 Å². The minimum Gasteiger partial charge on any atom is -0.367 e. The summed E-state index contributed by atoms with van der Waals surface area (Å²) in [5.41, 5.74) is 9.11. The maximum absolute atomic E-state index is 6.28. The average Bonchev–Trinajstić information content (AvgIpc) is 2.46. The summed E-state index contributed by atoms with van der Waals surface area (Å²) in [6, 6.07) is 8.69. The molecule has 2 heteroatoms. The van der Waals surface area contributed by atoms with Crippen LogP contribution in [0.2, 0.25) is 0 Å². The van der Waals surface area contributed by atoms with Crippen LogP contribution in [-0.4, -0.2) is 19.1 Å². The van der Waals surface area contributed by atoms with Crippen molar-refractivity contribution in [1.29, 1.82) is 0 Å². The number of likely N-dealkylation sites (N-methyl/N-ethyl adjacent to an activating group) is 1. The molecule has 0 heterocycles. The number of aryl methyl sites for hydroxylation is 1. The molecular weight excluding hydrogens is 256 g/mol. The van der Waals surface area contributed by atoms with Gasteiger partial charge in [0, 0.05) is 19.3 Å². The van der Waals surface area contributed by atoms with E-state index in [1.807, 2.05) is 0 Å². The van der Waals surface area contributed by atoms with E-state index in [1.165, 1.54) is 43.4 Å². The summed E-state index contributed by atoms with van der Waals surface area (Å²) in [6.07, 6.45) is 6.49. The first-order chi connectivity index (χ1) is 9.98. The zero-order valence-electron chi connectivity index (χ0n) is 14.2. The number of para-hydroxylation sites is 1. The lowest BCUT2D eigenvalue weighted by atomic mass is 9.72. The number of hydrogen-bond donors (Lipinski definition) is 1. The zero-order chi connectivity index (χ0) is 15.5. The SMILES string of the molecule is Cc1ccccc1N(C)C1(CN)CCCC(CC(C)C)C1. The number of benzene rings is 1. The monoisotopic (exact) mass is 288 g/mol. The molecule has 1 saturated carbocycles. The highest BCUT2D eigenvalue weighted by atomic mass is 15.2. The highest BCUT2D eigenvalue weighted by Gasteiger charge is 2.39.